The number of aryl methyl sites for hydroxylation is 3. The molecule has 1 amide bonds. The van der Waals surface area contributed by atoms with E-state index in [0.29, 0.717) is 25.1 Å². The molecule has 1 saturated heterocycles. The van der Waals surface area contributed by atoms with Crippen molar-refractivity contribution in [2.75, 3.05) is 13.1 Å². The Bertz CT molecular complexity index is 705. The van der Waals surface area contributed by atoms with E-state index in [0.717, 1.165) is 22.8 Å². The number of H-pyrrole nitrogens is 1. The molecule has 6 nitrogen and oxygen atoms in total. The number of hydrogen-bond acceptors (Lipinski definition) is 4. The van der Waals surface area contributed by atoms with Crippen LogP contribution < -0.4 is 0 Å². The summed E-state index contributed by atoms with van der Waals surface area (Å²) >= 11 is 0. The average molecular weight is 314 g/mol. The van der Waals surface area contributed by atoms with Crippen LogP contribution in [0.2, 0.25) is 0 Å². The Balaban J connectivity index is 1.71. The smallest absolute Gasteiger partial charge is 0.254 e. The monoisotopic (exact) mass is 314 g/mol. The number of nitrogens with one attached hydrogen (secondary N) is 1. The Kier molecular flexibility index (Phi) is 4.17. The Labute approximate surface area is 135 Å². The number of aliphatic hydroxyl groups is 1. The first-order chi connectivity index (χ1) is 10.9. The maximum absolute atomic E-state index is 12.7. The summed E-state index contributed by atoms with van der Waals surface area (Å²) in [6, 6.07) is 5.57. The molecule has 1 aliphatic rings. The number of aliphatic hydroxyl groups excluding tert-OH is 1. The highest BCUT2D eigenvalue weighted by atomic mass is 16.3. The maximum atomic E-state index is 12.7. The summed E-state index contributed by atoms with van der Waals surface area (Å²) in [5, 5.41) is 17.4. The highest BCUT2D eigenvalue weighted by molar-refractivity contribution is 5.94. The van der Waals surface area contributed by atoms with E-state index in [1.165, 1.54) is 0 Å². The van der Waals surface area contributed by atoms with E-state index in [2.05, 4.69) is 15.2 Å². The van der Waals surface area contributed by atoms with Crippen LogP contribution in [0.25, 0.3) is 0 Å². The fourth-order valence-corrected chi connectivity index (χ4v) is 3.21. The molecule has 2 atom stereocenters. The summed E-state index contributed by atoms with van der Waals surface area (Å²) in [7, 11) is 0. The van der Waals surface area contributed by atoms with Gasteiger partial charge in [0.05, 0.1) is 11.8 Å². The van der Waals surface area contributed by atoms with Gasteiger partial charge in [-0.25, -0.2) is 0 Å². The third-order valence-corrected chi connectivity index (χ3v) is 4.25. The highest BCUT2D eigenvalue weighted by Crippen LogP contribution is 2.23. The predicted molar refractivity (Wildman–Crippen MR) is 86.1 cm³/mol. The molecule has 2 N–H and O–H groups in total. The summed E-state index contributed by atoms with van der Waals surface area (Å²) in [5.74, 6) is -0.0240. The van der Waals surface area contributed by atoms with Gasteiger partial charge in [0.2, 0.25) is 0 Å². The molecule has 0 bridgehead atoms. The number of aromatic amines is 1. The van der Waals surface area contributed by atoms with E-state index in [-0.39, 0.29) is 11.8 Å². The van der Waals surface area contributed by atoms with Gasteiger partial charge in [-0.05, 0) is 45.4 Å². The lowest BCUT2D eigenvalue weighted by molar-refractivity contribution is 0.0764. The number of pyridine rings is 1. The van der Waals surface area contributed by atoms with Gasteiger partial charge in [-0.15, -0.1) is 0 Å². The summed E-state index contributed by atoms with van der Waals surface area (Å²) in [6.45, 7) is 6.63. The number of hydrogen-bond donors (Lipinski definition) is 2. The molecule has 0 radical (unpaired) electrons. The number of rotatable bonds is 3. The second-order valence-electron chi connectivity index (χ2n) is 6.42. The fourth-order valence-electron chi connectivity index (χ4n) is 3.21. The van der Waals surface area contributed by atoms with Crippen molar-refractivity contribution < 1.29 is 9.90 Å². The number of nitrogens with zero attached hydrogens (tertiary/aromatic N) is 3. The topological polar surface area (TPSA) is 82.1 Å². The van der Waals surface area contributed by atoms with Gasteiger partial charge in [-0.2, -0.15) is 5.10 Å². The van der Waals surface area contributed by atoms with Crippen LogP contribution in [0.1, 0.15) is 33.1 Å². The molecule has 23 heavy (non-hydrogen) atoms. The van der Waals surface area contributed by atoms with Crippen LogP contribution in [0.15, 0.2) is 18.2 Å². The summed E-state index contributed by atoms with van der Waals surface area (Å²) in [4.78, 5) is 18.7. The molecule has 3 heterocycles. The number of carbonyl (C=O) groups is 1. The van der Waals surface area contributed by atoms with Gasteiger partial charge in [0.15, 0.2) is 0 Å². The van der Waals surface area contributed by atoms with Gasteiger partial charge in [0.25, 0.3) is 5.91 Å². The molecule has 1 fully saturated rings. The highest BCUT2D eigenvalue weighted by Gasteiger charge is 2.34. The molecule has 0 saturated carbocycles. The molecule has 2 aromatic heterocycles. The molecule has 3 rings (SSSR count). The van der Waals surface area contributed by atoms with Gasteiger partial charge in [0.1, 0.15) is 0 Å². The zero-order valence-electron chi connectivity index (χ0n) is 13.7. The first kappa shape index (κ1) is 15.7. The Morgan fingerprint density at radius 2 is 1.96 bits per heavy atom. The lowest BCUT2D eigenvalue weighted by Crippen LogP contribution is -2.29. The zero-order valence-corrected chi connectivity index (χ0v) is 13.7. The van der Waals surface area contributed by atoms with Crippen LogP contribution in [0.5, 0.6) is 0 Å². The van der Waals surface area contributed by atoms with Crippen LogP contribution in [-0.4, -0.2) is 50.3 Å². The number of aromatic nitrogens is 3. The van der Waals surface area contributed by atoms with Crippen LogP contribution >= 0.6 is 0 Å². The van der Waals surface area contributed by atoms with Crippen molar-refractivity contribution in [1.29, 1.82) is 0 Å². The van der Waals surface area contributed by atoms with Crippen molar-refractivity contribution in [2.24, 2.45) is 5.92 Å². The second-order valence-corrected chi connectivity index (χ2v) is 6.42. The molecule has 2 aromatic rings. The maximum Gasteiger partial charge on any atom is 0.254 e. The second kappa shape index (κ2) is 6.12. The number of amides is 1. The van der Waals surface area contributed by atoms with E-state index < -0.39 is 6.10 Å². The molecular formula is C17H22N4O2. The molecule has 1 aliphatic heterocycles. The summed E-state index contributed by atoms with van der Waals surface area (Å²) < 4.78 is 0. The van der Waals surface area contributed by atoms with Gasteiger partial charge in [0, 0.05) is 41.7 Å². The van der Waals surface area contributed by atoms with Crippen LogP contribution in [-0.2, 0) is 6.42 Å². The Morgan fingerprint density at radius 3 is 2.57 bits per heavy atom. The van der Waals surface area contributed by atoms with Crippen molar-refractivity contribution in [3.8, 4) is 0 Å². The van der Waals surface area contributed by atoms with Gasteiger partial charge < -0.3 is 10.0 Å². The molecule has 0 unspecified atom stereocenters. The largest absolute Gasteiger partial charge is 0.391 e. The molecule has 122 valence electrons. The van der Waals surface area contributed by atoms with E-state index in [9.17, 15) is 9.90 Å². The minimum absolute atomic E-state index is 0.0191. The lowest BCUT2D eigenvalue weighted by atomic mass is 10.0. The van der Waals surface area contributed by atoms with E-state index >= 15 is 0 Å². The van der Waals surface area contributed by atoms with Gasteiger partial charge in [-0.3, -0.25) is 14.9 Å². The van der Waals surface area contributed by atoms with Crippen LogP contribution in [0.4, 0.5) is 0 Å². The first-order valence-corrected chi connectivity index (χ1v) is 7.86. The minimum Gasteiger partial charge on any atom is -0.391 e. The Hall–Kier alpha value is -2.21. The SMILES string of the molecule is Cc1cc(C(=O)N2C[C@@H](Cc3cc(C)[nH]n3)[C@@H](O)C2)cc(C)n1. The predicted octanol–water partition coefficient (Wildman–Crippen LogP) is 1.41. The summed E-state index contributed by atoms with van der Waals surface area (Å²) in [5.41, 5.74) is 4.23. The lowest BCUT2D eigenvalue weighted by Gasteiger charge is -2.16. The number of carbonyl (C=O) groups excluding carboxylic acids is 1. The third kappa shape index (κ3) is 3.42. The number of likely N-dealkylation sites (tertiary alicyclic amines) is 1. The molecule has 6 heteroatoms. The zero-order chi connectivity index (χ0) is 16.6. The molecular weight excluding hydrogens is 292 g/mol. The Morgan fingerprint density at radius 1 is 1.26 bits per heavy atom. The van der Waals surface area contributed by atoms with Gasteiger partial charge in [-0.1, -0.05) is 0 Å². The van der Waals surface area contributed by atoms with Crippen molar-refractivity contribution in [2.45, 2.75) is 33.3 Å². The molecule has 0 spiro atoms. The summed E-state index contributed by atoms with van der Waals surface area (Å²) in [6.07, 6.45) is 0.156. The third-order valence-electron chi connectivity index (χ3n) is 4.25. The minimum atomic E-state index is -0.514. The van der Waals surface area contributed by atoms with Crippen molar-refractivity contribution in [1.82, 2.24) is 20.1 Å². The molecule has 0 aromatic carbocycles. The van der Waals surface area contributed by atoms with Crippen LogP contribution in [0.3, 0.4) is 0 Å². The molecule has 0 aliphatic carbocycles. The van der Waals surface area contributed by atoms with Crippen molar-refractivity contribution in [3.63, 3.8) is 0 Å². The van der Waals surface area contributed by atoms with E-state index in [4.69, 9.17) is 0 Å². The fraction of sp³-hybridized carbons (Fsp3) is 0.471. The standard InChI is InChI=1S/C17H22N4O2/c1-10-4-13(5-11(2)18-10)17(23)21-8-14(16(22)9-21)7-15-6-12(3)19-20-15/h4-6,14,16,22H,7-9H2,1-3H3,(H,19,20)/t14-,16+/m1/s1. The normalized spacial score (nSPS) is 21.0. The van der Waals surface area contributed by atoms with Crippen molar-refractivity contribution in [3.05, 3.63) is 46.5 Å². The van der Waals surface area contributed by atoms with E-state index in [1.54, 1.807) is 17.0 Å². The van der Waals surface area contributed by atoms with Gasteiger partial charge >= 0.3 is 0 Å². The van der Waals surface area contributed by atoms with Crippen molar-refractivity contribution >= 4 is 5.91 Å². The van der Waals surface area contributed by atoms with Crippen LogP contribution in [0, 0.1) is 26.7 Å². The average Bonchev–Trinajstić information content (AvgIpc) is 3.04. The first-order valence-electron chi connectivity index (χ1n) is 7.86. The number of β-amino-alcohol motifs (C(OH)–C–C–N with tert-alkyl or cyclic N) is 1. The van der Waals surface area contributed by atoms with E-state index in [1.807, 2.05) is 26.8 Å². The quantitative estimate of drug-likeness (QED) is 0.897.